The maximum absolute atomic E-state index is 5.89. The summed E-state index contributed by atoms with van der Waals surface area (Å²) in [6.45, 7) is 7.92. The van der Waals surface area contributed by atoms with Crippen molar-refractivity contribution in [3.05, 3.63) is 35.2 Å². The molecule has 0 aliphatic heterocycles. The number of thiazole rings is 1. The monoisotopic (exact) mass is 305 g/mol. The Bertz CT molecular complexity index is 542. The van der Waals surface area contributed by atoms with E-state index < -0.39 is 0 Å². The lowest BCUT2D eigenvalue weighted by Crippen LogP contribution is -2.26. The molecule has 21 heavy (non-hydrogen) atoms. The van der Waals surface area contributed by atoms with Gasteiger partial charge in [0.2, 0.25) is 0 Å². The van der Waals surface area contributed by atoms with E-state index in [1.165, 1.54) is 0 Å². The summed E-state index contributed by atoms with van der Waals surface area (Å²) in [7, 11) is 0. The van der Waals surface area contributed by atoms with Crippen LogP contribution in [0.5, 0.6) is 0 Å². The molecular weight excluding hydrogens is 282 g/mol. The molecule has 2 N–H and O–H groups in total. The summed E-state index contributed by atoms with van der Waals surface area (Å²) < 4.78 is 5.45. The number of aromatic nitrogens is 1. The molecule has 0 atom stereocenters. The number of hydrogen-bond acceptors (Lipinski definition) is 5. The highest BCUT2D eigenvalue weighted by Crippen LogP contribution is 2.32. The second-order valence-electron chi connectivity index (χ2n) is 4.61. The molecule has 1 aromatic heterocycles. The number of ether oxygens (including phenoxy) is 1. The summed E-state index contributed by atoms with van der Waals surface area (Å²) in [6, 6.07) is 10.2. The first-order valence-corrected chi connectivity index (χ1v) is 8.19. The third-order valence-electron chi connectivity index (χ3n) is 3.28. The molecule has 0 amide bonds. The first-order chi connectivity index (χ1) is 10.3. The van der Waals surface area contributed by atoms with Crippen molar-refractivity contribution in [3.63, 3.8) is 0 Å². The normalized spacial score (nSPS) is 10.8. The molecule has 2 rings (SSSR count). The third kappa shape index (κ3) is 4.03. The predicted octanol–water partition coefficient (Wildman–Crippen LogP) is 3.13. The number of hydrogen-bond donors (Lipinski definition) is 1. The predicted molar refractivity (Wildman–Crippen MR) is 89.8 cm³/mol. The Hall–Kier alpha value is -1.43. The van der Waals surface area contributed by atoms with Crippen LogP contribution in [0, 0.1) is 0 Å². The second-order valence-corrected chi connectivity index (χ2v) is 5.68. The zero-order valence-electron chi connectivity index (χ0n) is 12.7. The maximum Gasteiger partial charge on any atom is 0.186 e. The third-order valence-corrected chi connectivity index (χ3v) is 4.42. The van der Waals surface area contributed by atoms with Gasteiger partial charge in [0.15, 0.2) is 5.13 Å². The second kappa shape index (κ2) is 8.12. The molecule has 2 aromatic rings. The van der Waals surface area contributed by atoms with Crippen LogP contribution in [0.15, 0.2) is 30.3 Å². The summed E-state index contributed by atoms with van der Waals surface area (Å²) >= 11 is 1.68. The van der Waals surface area contributed by atoms with Gasteiger partial charge in [-0.1, -0.05) is 41.7 Å². The molecule has 1 heterocycles. The number of nitrogens with two attached hydrogens (primary N) is 1. The Balaban J connectivity index is 2.23. The van der Waals surface area contributed by atoms with E-state index in [2.05, 4.69) is 24.0 Å². The summed E-state index contributed by atoms with van der Waals surface area (Å²) in [5.41, 5.74) is 8.03. The zero-order chi connectivity index (χ0) is 15.1. The molecule has 1 aromatic carbocycles. The number of nitrogens with zero attached hydrogens (tertiary/aromatic N) is 2. The number of anilines is 1. The lowest BCUT2D eigenvalue weighted by molar-refractivity contribution is 0.154. The van der Waals surface area contributed by atoms with Gasteiger partial charge < -0.3 is 15.4 Å². The van der Waals surface area contributed by atoms with Gasteiger partial charge in [-0.05, 0) is 13.8 Å². The first kappa shape index (κ1) is 15.9. The molecule has 0 saturated carbocycles. The van der Waals surface area contributed by atoms with Gasteiger partial charge in [-0.2, -0.15) is 0 Å². The van der Waals surface area contributed by atoms with E-state index in [9.17, 15) is 0 Å². The number of likely N-dealkylation sites (N-methyl/N-ethyl adjacent to an activating group) is 1. The summed E-state index contributed by atoms with van der Waals surface area (Å²) in [6.07, 6.45) is 0. The standard InChI is InChI=1S/C16H23N3OS/c1-3-19(10-11-20-4-2)16-18-15(14(12-17)21-16)13-8-6-5-7-9-13/h5-9H,3-4,10-12,17H2,1-2H3. The van der Waals surface area contributed by atoms with Crippen molar-refractivity contribution in [3.8, 4) is 11.3 Å². The SMILES string of the molecule is CCOCCN(CC)c1nc(-c2ccccc2)c(CN)s1. The Labute approximate surface area is 130 Å². The smallest absolute Gasteiger partial charge is 0.186 e. The first-order valence-electron chi connectivity index (χ1n) is 7.38. The van der Waals surface area contributed by atoms with Gasteiger partial charge in [0.25, 0.3) is 0 Å². The van der Waals surface area contributed by atoms with Crippen LogP contribution in [0.2, 0.25) is 0 Å². The fraction of sp³-hybridized carbons (Fsp3) is 0.438. The van der Waals surface area contributed by atoms with Crippen LogP contribution in [0.25, 0.3) is 11.3 Å². The fourth-order valence-electron chi connectivity index (χ4n) is 2.14. The topological polar surface area (TPSA) is 51.4 Å². The van der Waals surface area contributed by atoms with Crippen LogP contribution in [0.1, 0.15) is 18.7 Å². The molecule has 0 spiro atoms. The van der Waals surface area contributed by atoms with Crippen molar-refractivity contribution in [2.24, 2.45) is 5.73 Å². The van der Waals surface area contributed by atoms with Crippen LogP contribution in [-0.2, 0) is 11.3 Å². The minimum Gasteiger partial charge on any atom is -0.380 e. The van der Waals surface area contributed by atoms with Gasteiger partial charge in [0, 0.05) is 36.7 Å². The molecule has 5 heteroatoms. The number of benzene rings is 1. The highest BCUT2D eigenvalue weighted by Gasteiger charge is 2.15. The average Bonchev–Trinajstić information content (AvgIpc) is 2.96. The minimum absolute atomic E-state index is 0.519. The molecular formula is C16H23N3OS. The summed E-state index contributed by atoms with van der Waals surface area (Å²) in [5, 5.41) is 1.02. The number of rotatable bonds is 8. The van der Waals surface area contributed by atoms with Gasteiger partial charge in [-0.25, -0.2) is 4.98 Å². The zero-order valence-corrected chi connectivity index (χ0v) is 13.5. The highest BCUT2D eigenvalue weighted by atomic mass is 32.1. The highest BCUT2D eigenvalue weighted by molar-refractivity contribution is 7.16. The average molecular weight is 305 g/mol. The van der Waals surface area contributed by atoms with Gasteiger partial charge in [-0.15, -0.1) is 0 Å². The maximum atomic E-state index is 5.89. The molecule has 0 unspecified atom stereocenters. The molecule has 0 aliphatic rings. The van der Waals surface area contributed by atoms with E-state index >= 15 is 0 Å². The van der Waals surface area contributed by atoms with E-state index in [-0.39, 0.29) is 0 Å². The van der Waals surface area contributed by atoms with Crippen molar-refractivity contribution in [1.29, 1.82) is 0 Å². The van der Waals surface area contributed by atoms with Crippen molar-refractivity contribution in [2.75, 3.05) is 31.2 Å². The quantitative estimate of drug-likeness (QED) is 0.761. The van der Waals surface area contributed by atoms with Crippen molar-refractivity contribution >= 4 is 16.5 Å². The van der Waals surface area contributed by atoms with Gasteiger partial charge in [0.1, 0.15) is 0 Å². The van der Waals surface area contributed by atoms with Gasteiger partial charge in [-0.3, -0.25) is 0 Å². The lowest BCUT2D eigenvalue weighted by Gasteiger charge is -2.19. The van der Waals surface area contributed by atoms with Crippen LogP contribution >= 0.6 is 11.3 Å². The van der Waals surface area contributed by atoms with E-state index in [4.69, 9.17) is 15.5 Å². The molecule has 0 bridgehead atoms. The van der Waals surface area contributed by atoms with E-state index in [0.29, 0.717) is 6.54 Å². The molecule has 0 radical (unpaired) electrons. The molecule has 0 aliphatic carbocycles. The van der Waals surface area contributed by atoms with E-state index in [1.54, 1.807) is 11.3 Å². The fourth-order valence-corrected chi connectivity index (χ4v) is 3.19. The van der Waals surface area contributed by atoms with E-state index in [1.807, 2.05) is 25.1 Å². The largest absolute Gasteiger partial charge is 0.380 e. The Morgan fingerprint density at radius 1 is 1.24 bits per heavy atom. The van der Waals surface area contributed by atoms with E-state index in [0.717, 1.165) is 47.6 Å². The van der Waals surface area contributed by atoms with Crippen molar-refractivity contribution < 1.29 is 4.74 Å². The molecule has 114 valence electrons. The summed E-state index contributed by atoms with van der Waals surface area (Å²) in [5.74, 6) is 0. The van der Waals surface area contributed by atoms with Crippen LogP contribution in [0.4, 0.5) is 5.13 Å². The van der Waals surface area contributed by atoms with Crippen molar-refractivity contribution in [2.45, 2.75) is 20.4 Å². The Morgan fingerprint density at radius 2 is 2.00 bits per heavy atom. The van der Waals surface area contributed by atoms with Crippen LogP contribution in [0.3, 0.4) is 0 Å². The van der Waals surface area contributed by atoms with Crippen molar-refractivity contribution in [1.82, 2.24) is 4.98 Å². The van der Waals surface area contributed by atoms with Crippen LogP contribution in [-0.4, -0.2) is 31.3 Å². The van der Waals surface area contributed by atoms with Gasteiger partial charge in [0.05, 0.1) is 12.3 Å². The van der Waals surface area contributed by atoms with Gasteiger partial charge >= 0.3 is 0 Å². The molecule has 0 saturated heterocycles. The molecule has 4 nitrogen and oxygen atoms in total. The molecule has 0 fully saturated rings. The minimum atomic E-state index is 0.519. The Kier molecular flexibility index (Phi) is 6.17. The summed E-state index contributed by atoms with van der Waals surface area (Å²) in [4.78, 5) is 8.18. The Morgan fingerprint density at radius 3 is 2.62 bits per heavy atom. The lowest BCUT2D eigenvalue weighted by atomic mass is 10.1. The van der Waals surface area contributed by atoms with Crippen LogP contribution < -0.4 is 10.6 Å².